The van der Waals surface area contributed by atoms with Crippen LogP contribution in [0.4, 0.5) is 21.0 Å². The minimum Gasteiger partial charge on any atom is -0.490 e. The molecule has 5 rings (SSSR count). The van der Waals surface area contributed by atoms with Gasteiger partial charge in [0.1, 0.15) is 5.75 Å². The van der Waals surface area contributed by atoms with Crippen molar-refractivity contribution in [2.24, 2.45) is 5.92 Å². The highest BCUT2D eigenvalue weighted by atomic mass is 16.7. The molecule has 1 saturated carbocycles. The van der Waals surface area contributed by atoms with Crippen LogP contribution < -0.4 is 30.2 Å². The molecule has 0 unspecified atom stereocenters. The number of anilines is 2. The minimum absolute atomic E-state index is 0.137. The van der Waals surface area contributed by atoms with E-state index in [1.807, 2.05) is 13.8 Å². The molecular formula is C37H53N5O8. The Labute approximate surface area is 294 Å². The molecule has 0 bridgehead atoms. The van der Waals surface area contributed by atoms with Crippen molar-refractivity contribution in [3.8, 4) is 17.2 Å². The molecule has 2 aromatic rings. The van der Waals surface area contributed by atoms with E-state index in [0.717, 1.165) is 44.9 Å². The van der Waals surface area contributed by atoms with Gasteiger partial charge in [0.15, 0.2) is 11.5 Å². The van der Waals surface area contributed by atoms with Gasteiger partial charge in [-0.3, -0.25) is 4.79 Å². The monoisotopic (exact) mass is 695 g/mol. The van der Waals surface area contributed by atoms with Gasteiger partial charge in [0.05, 0.1) is 30.4 Å². The first kappa shape index (κ1) is 37.0. The predicted octanol–water partition coefficient (Wildman–Crippen LogP) is 5.83. The van der Waals surface area contributed by atoms with Crippen molar-refractivity contribution in [1.82, 2.24) is 15.1 Å². The number of aliphatic hydroxyl groups is 1. The Balaban J connectivity index is 1.33. The molecule has 4 N–H and O–H groups in total. The summed E-state index contributed by atoms with van der Waals surface area (Å²) in [4.78, 5) is 43.8. The molecule has 0 radical (unpaired) electrons. The number of urea groups is 2. The van der Waals surface area contributed by atoms with Crippen LogP contribution in [0.5, 0.6) is 17.2 Å². The second-order valence-corrected chi connectivity index (χ2v) is 13.8. The Kier molecular flexibility index (Phi) is 13.1. The number of carbonyl (C=O) groups is 3. The van der Waals surface area contributed by atoms with Gasteiger partial charge in [-0.2, -0.15) is 0 Å². The molecule has 2 heterocycles. The highest BCUT2D eigenvalue weighted by molar-refractivity contribution is 5.99. The second kappa shape index (κ2) is 17.6. The number of fused-ring (bicyclic) bond motifs is 2. The standard InChI is InChI=1S/C37H53N5O8/c1-24-20-42(25(2)22-43)35(44)30-18-28(39-36(45)38-27-11-6-5-7-12-27)13-15-31(30)50-26(3)10-8-9-17-47-34(24)21-41(4)37(46)40-29-14-16-32-33(19-29)49-23-48-32/h13-16,18-19,24-27,34,43H,5-12,17,20-23H2,1-4H3,(H,40,46)(H2,38,39,45)/t24-,25-,26-,34+/m1/s1. The Hall–Kier alpha value is -4.23. The normalized spacial score (nSPS) is 22.4. The lowest BCUT2D eigenvalue weighted by molar-refractivity contribution is -0.0115. The zero-order valence-corrected chi connectivity index (χ0v) is 29.7. The fourth-order valence-electron chi connectivity index (χ4n) is 6.61. The number of likely N-dealkylation sites (N-methyl/N-ethyl adjacent to an activating group) is 1. The van der Waals surface area contributed by atoms with Crippen LogP contribution in [0, 0.1) is 5.92 Å². The number of hydrogen-bond donors (Lipinski definition) is 4. The molecule has 1 fully saturated rings. The van der Waals surface area contributed by atoms with E-state index >= 15 is 0 Å². The van der Waals surface area contributed by atoms with Crippen molar-refractivity contribution in [3.05, 3.63) is 42.0 Å². The van der Waals surface area contributed by atoms with Gasteiger partial charge in [0, 0.05) is 56.1 Å². The average Bonchev–Trinajstić information content (AvgIpc) is 3.58. The largest absolute Gasteiger partial charge is 0.490 e. The van der Waals surface area contributed by atoms with Gasteiger partial charge in [0.2, 0.25) is 6.79 Å². The molecule has 13 heteroatoms. The zero-order chi connectivity index (χ0) is 35.6. The summed E-state index contributed by atoms with van der Waals surface area (Å²) in [6.45, 7) is 6.63. The summed E-state index contributed by atoms with van der Waals surface area (Å²) < 4.78 is 23.5. The molecule has 3 aliphatic rings. The third kappa shape index (κ3) is 9.94. The van der Waals surface area contributed by atoms with Crippen LogP contribution in [0.15, 0.2) is 36.4 Å². The quantitative estimate of drug-likeness (QED) is 0.283. The highest BCUT2D eigenvalue weighted by Crippen LogP contribution is 2.34. The third-order valence-corrected chi connectivity index (χ3v) is 9.67. The van der Waals surface area contributed by atoms with Crippen LogP contribution >= 0.6 is 0 Å². The van der Waals surface area contributed by atoms with E-state index in [1.54, 1.807) is 60.2 Å². The van der Waals surface area contributed by atoms with Gasteiger partial charge in [0.25, 0.3) is 5.91 Å². The summed E-state index contributed by atoms with van der Waals surface area (Å²) in [5, 5.41) is 19.1. The molecule has 274 valence electrons. The molecule has 5 amide bonds. The van der Waals surface area contributed by atoms with Crippen molar-refractivity contribution in [2.75, 3.05) is 50.8 Å². The van der Waals surface area contributed by atoms with Gasteiger partial charge >= 0.3 is 12.1 Å². The summed E-state index contributed by atoms with van der Waals surface area (Å²) in [6.07, 6.45) is 7.11. The summed E-state index contributed by atoms with van der Waals surface area (Å²) in [6, 6.07) is 9.36. The van der Waals surface area contributed by atoms with E-state index in [1.165, 1.54) is 6.42 Å². The van der Waals surface area contributed by atoms with Gasteiger partial charge in [-0.05, 0) is 76.3 Å². The molecule has 2 aliphatic heterocycles. The Morgan fingerprint density at radius 3 is 2.40 bits per heavy atom. The first-order chi connectivity index (χ1) is 24.1. The number of hydrogen-bond acceptors (Lipinski definition) is 8. The molecular weight excluding hydrogens is 642 g/mol. The topological polar surface area (TPSA) is 151 Å². The minimum atomic E-state index is -0.526. The van der Waals surface area contributed by atoms with Crippen molar-refractivity contribution >= 4 is 29.3 Å². The van der Waals surface area contributed by atoms with Crippen molar-refractivity contribution in [3.63, 3.8) is 0 Å². The molecule has 0 spiro atoms. The molecule has 1 aliphatic carbocycles. The number of ether oxygens (including phenoxy) is 4. The number of rotatable bonds is 7. The smallest absolute Gasteiger partial charge is 0.321 e. The summed E-state index contributed by atoms with van der Waals surface area (Å²) in [5.41, 5.74) is 1.35. The molecule has 2 aromatic carbocycles. The van der Waals surface area contributed by atoms with Crippen LogP contribution in [0.2, 0.25) is 0 Å². The van der Waals surface area contributed by atoms with Crippen LogP contribution in [0.1, 0.15) is 82.5 Å². The van der Waals surface area contributed by atoms with E-state index < -0.39 is 12.1 Å². The fourth-order valence-corrected chi connectivity index (χ4v) is 6.61. The van der Waals surface area contributed by atoms with Gasteiger partial charge in [-0.15, -0.1) is 0 Å². The number of carbonyl (C=O) groups excluding carboxylic acids is 3. The molecule has 0 saturated heterocycles. The van der Waals surface area contributed by atoms with E-state index in [2.05, 4.69) is 16.0 Å². The van der Waals surface area contributed by atoms with E-state index in [0.29, 0.717) is 40.8 Å². The van der Waals surface area contributed by atoms with Gasteiger partial charge < -0.3 is 49.8 Å². The van der Waals surface area contributed by atoms with Gasteiger partial charge in [-0.25, -0.2) is 9.59 Å². The van der Waals surface area contributed by atoms with Crippen molar-refractivity contribution in [2.45, 2.75) is 96.4 Å². The molecule has 4 atom stereocenters. The maximum atomic E-state index is 14.4. The average molecular weight is 696 g/mol. The number of nitrogens with zero attached hydrogens (tertiary/aromatic N) is 2. The lowest BCUT2D eigenvalue weighted by Crippen LogP contribution is -2.48. The first-order valence-corrected chi connectivity index (χ1v) is 17.9. The number of aliphatic hydroxyl groups excluding tert-OH is 1. The second-order valence-electron chi connectivity index (χ2n) is 13.8. The van der Waals surface area contributed by atoms with Crippen LogP contribution in [0.3, 0.4) is 0 Å². The van der Waals surface area contributed by atoms with Crippen molar-refractivity contribution < 1.29 is 38.4 Å². The van der Waals surface area contributed by atoms with E-state index in [4.69, 9.17) is 18.9 Å². The summed E-state index contributed by atoms with van der Waals surface area (Å²) in [7, 11) is 1.71. The number of amides is 5. The first-order valence-electron chi connectivity index (χ1n) is 17.9. The van der Waals surface area contributed by atoms with Crippen molar-refractivity contribution in [1.29, 1.82) is 0 Å². The predicted molar refractivity (Wildman–Crippen MR) is 190 cm³/mol. The highest BCUT2D eigenvalue weighted by Gasteiger charge is 2.31. The fraction of sp³-hybridized carbons (Fsp3) is 0.595. The Bertz CT molecular complexity index is 1470. The molecule has 0 aromatic heterocycles. The lowest BCUT2D eigenvalue weighted by atomic mass is 9.96. The maximum Gasteiger partial charge on any atom is 0.321 e. The molecule has 13 nitrogen and oxygen atoms in total. The maximum absolute atomic E-state index is 14.4. The molecule has 50 heavy (non-hydrogen) atoms. The van der Waals surface area contributed by atoms with E-state index in [9.17, 15) is 19.5 Å². The SMILES string of the molecule is C[C@@H]1CCCCO[C@@H](CN(C)C(=O)Nc2ccc3c(c2)OCO3)[C@H](C)CN([C@H](C)CO)C(=O)c2cc(NC(=O)NC3CCCCC3)ccc2O1. The van der Waals surface area contributed by atoms with Crippen LogP contribution in [-0.2, 0) is 4.74 Å². The van der Waals surface area contributed by atoms with Crippen LogP contribution in [0.25, 0.3) is 0 Å². The summed E-state index contributed by atoms with van der Waals surface area (Å²) >= 11 is 0. The van der Waals surface area contributed by atoms with Crippen LogP contribution in [-0.4, -0.2) is 97.3 Å². The number of nitrogens with one attached hydrogen (secondary N) is 3. The van der Waals surface area contributed by atoms with E-state index in [-0.39, 0.29) is 62.5 Å². The third-order valence-electron chi connectivity index (χ3n) is 9.67. The van der Waals surface area contributed by atoms with Gasteiger partial charge in [-0.1, -0.05) is 26.2 Å². The number of benzene rings is 2. The lowest BCUT2D eigenvalue weighted by Gasteiger charge is -2.35. The Morgan fingerprint density at radius 1 is 0.940 bits per heavy atom. The Morgan fingerprint density at radius 2 is 1.64 bits per heavy atom. The zero-order valence-electron chi connectivity index (χ0n) is 29.7. The summed E-state index contributed by atoms with van der Waals surface area (Å²) in [5.74, 6) is 1.08.